The minimum Gasteiger partial charge on any atom is -0.480 e. The molecule has 2 amide bonds. The number of hydrogen-bond donors (Lipinski definition) is 3. The molecule has 2 aromatic rings. The fourth-order valence-electron chi connectivity index (χ4n) is 4.27. The number of carbonyl (C=O) groups is 3. The number of aliphatic carboxylic acids is 1. The second-order valence-electron chi connectivity index (χ2n) is 8.43. The molecule has 0 aromatic heterocycles. The van der Waals surface area contributed by atoms with E-state index in [9.17, 15) is 19.5 Å². The molecule has 7 nitrogen and oxygen atoms in total. The van der Waals surface area contributed by atoms with Crippen LogP contribution in [-0.2, 0) is 14.3 Å². The summed E-state index contributed by atoms with van der Waals surface area (Å²) in [6.45, 7) is 5.74. The van der Waals surface area contributed by atoms with Gasteiger partial charge in [0.05, 0.1) is 0 Å². The number of carboxylic acid groups (broad SMARTS) is 1. The first-order valence-corrected chi connectivity index (χ1v) is 11.7. The van der Waals surface area contributed by atoms with Crippen molar-refractivity contribution in [3.8, 4) is 11.1 Å². The molecular formula is C27H32N2O5. The first-order chi connectivity index (χ1) is 16.5. The van der Waals surface area contributed by atoms with Crippen LogP contribution in [0, 0.1) is 0 Å². The number of nitrogens with one attached hydrogen (secondary N) is 2. The van der Waals surface area contributed by atoms with Crippen LogP contribution in [0.5, 0.6) is 0 Å². The summed E-state index contributed by atoms with van der Waals surface area (Å²) in [6, 6.07) is 14.2. The van der Waals surface area contributed by atoms with Crippen LogP contribution in [0.3, 0.4) is 0 Å². The number of allylic oxidation sites excluding steroid dienone is 1. The van der Waals surface area contributed by atoms with E-state index >= 15 is 0 Å². The maximum absolute atomic E-state index is 12.8. The predicted octanol–water partition coefficient (Wildman–Crippen LogP) is 4.62. The van der Waals surface area contributed by atoms with Crippen molar-refractivity contribution in [2.24, 2.45) is 0 Å². The van der Waals surface area contributed by atoms with Crippen molar-refractivity contribution in [1.82, 2.24) is 10.6 Å². The Morgan fingerprint density at radius 3 is 2.18 bits per heavy atom. The van der Waals surface area contributed by atoms with Gasteiger partial charge in [-0.3, -0.25) is 4.79 Å². The van der Waals surface area contributed by atoms with Gasteiger partial charge in [-0.1, -0.05) is 74.4 Å². The van der Waals surface area contributed by atoms with Crippen LogP contribution >= 0.6 is 0 Å². The SMILES string of the molecule is C=CCCC(NC(=O)OCC1c2ccccc2-c2ccccc21)C(=O)NC(CCCC)C(=O)O. The number of alkyl carbamates (subject to hydrolysis) is 1. The number of amides is 2. The Balaban J connectivity index is 1.64. The molecule has 3 rings (SSSR count). The quantitative estimate of drug-likeness (QED) is 0.398. The van der Waals surface area contributed by atoms with Gasteiger partial charge in [0.15, 0.2) is 0 Å². The van der Waals surface area contributed by atoms with Gasteiger partial charge in [0.2, 0.25) is 5.91 Å². The van der Waals surface area contributed by atoms with E-state index in [0.29, 0.717) is 25.7 Å². The molecule has 0 spiro atoms. The Morgan fingerprint density at radius 2 is 1.62 bits per heavy atom. The maximum atomic E-state index is 12.8. The highest BCUT2D eigenvalue weighted by Gasteiger charge is 2.30. The summed E-state index contributed by atoms with van der Waals surface area (Å²) in [5, 5.41) is 14.6. The van der Waals surface area contributed by atoms with Gasteiger partial charge in [0.1, 0.15) is 18.7 Å². The Bertz CT molecular complexity index is 990. The minimum absolute atomic E-state index is 0.0935. The van der Waals surface area contributed by atoms with Crippen molar-refractivity contribution in [1.29, 1.82) is 0 Å². The lowest BCUT2D eigenvalue weighted by Gasteiger charge is -2.21. The summed E-state index contributed by atoms with van der Waals surface area (Å²) < 4.78 is 5.55. The van der Waals surface area contributed by atoms with Gasteiger partial charge in [0, 0.05) is 5.92 Å². The molecule has 0 heterocycles. The Kier molecular flexibility index (Phi) is 8.85. The molecule has 34 heavy (non-hydrogen) atoms. The predicted molar refractivity (Wildman–Crippen MR) is 131 cm³/mol. The molecule has 7 heteroatoms. The lowest BCUT2D eigenvalue weighted by atomic mass is 9.98. The Morgan fingerprint density at radius 1 is 1.00 bits per heavy atom. The second-order valence-corrected chi connectivity index (χ2v) is 8.43. The smallest absolute Gasteiger partial charge is 0.407 e. The number of rotatable bonds is 12. The number of carboxylic acids is 1. The molecule has 2 unspecified atom stereocenters. The first-order valence-electron chi connectivity index (χ1n) is 11.7. The average Bonchev–Trinajstić information content (AvgIpc) is 3.16. The van der Waals surface area contributed by atoms with Crippen molar-refractivity contribution in [2.75, 3.05) is 6.61 Å². The number of hydrogen-bond acceptors (Lipinski definition) is 4. The number of benzene rings is 2. The van der Waals surface area contributed by atoms with E-state index in [4.69, 9.17) is 4.74 Å². The summed E-state index contributed by atoms with van der Waals surface area (Å²) in [4.78, 5) is 36.9. The van der Waals surface area contributed by atoms with Gasteiger partial charge < -0.3 is 20.5 Å². The normalized spacial score (nSPS) is 13.8. The number of ether oxygens (including phenoxy) is 1. The van der Waals surface area contributed by atoms with Gasteiger partial charge in [-0.25, -0.2) is 9.59 Å². The summed E-state index contributed by atoms with van der Waals surface area (Å²) in [6.07, 6.45) is 3.52. The third-order valence-corrected chi connectivity index (χ3v) is 6.07. The van der Waals surface area contributed by atoms with E-state index < -0.39 is 30.1 Å². The molecule has 2 atom stereocenters. The fourth-order valence-corrected chi connectivity index (χ4v) is 4.27. The van der Waals surface area contributed by atoms with Crippen LogP contribution in [0.2, 0.25) is 0 Å². The van der Waals surface area contributed by atoms with Crippen molar-refractivity contribution in [3.63, 3.8) is 0 Å². The number of unbranched alkanes of at least 4 members (excludes halogenated alkanes) is 1. The van der Waals surface area contributed by atoms with Crippen molar-refractivity contribution in [3.05, 3.63) is 72.3 Å². The van der Waals surface area contributed by atoms with Crippen LogP contribution in [-0.4, -0.2) is 41.8 Å². The lowest BCUT2D eigenvalue weighted by Crippen LogP contribution is -2.51. The Hall–Kier alpha value is -3.61. The highest BCUT2D eigenvalue weighted by Crippen LogP contribution is 2.44. The molecule has 0 bridgehead atoms. The van der Waals surface area contributed by atoms with Crippen molar-refractivity contribution < 1.29 is 24.2 Å². The molecule has 0 fully saturated rings. The molecule has 3 N–H and O–H groups in total. The van der Waals surface area contributed by atoms with E-state index in [0.717, 1.165) is 28.7 Å². The highest BCUT2D eigenvalue weighted by atomic mass is 16.5. The number of carbonyl (C=O) groups excluding carboxylic acids is 2. The van der Waals surface area contributed by atoms with E-state index in [-0.39, 0.29) is 12.5 Å². The minimum atomic E-state index is -1.09. The van der Waals surface area contributed by atoms with E-state index in [1.54, 1.807) is 6.08 Å². The van der Waals surface area contributed by atoms with Gasteiger partial charge in [0.25, 0.3) is 0 Å². The highest BCUT2D eigenvalue weighted by molar-refractivity contribution is 5.89. The van der Waals surface area contributed by atoms with E-state index in [1.807, 2.05) is 43.3 Å². The summed E-state index contributed by atoms with van der Waals surface area (Å²) >= 11 is 0. The van der Waals surface area contributed by atoms with E-state index in [1.165, 1.54) is 0 Å². The average molecular weight is 465 g/mol. The fraction of sp³-hybridized carbons (Fsp3) is 0.370. The van der Waals surface area contributed by atoms with Crippen LogP contribution < -0.4 is 10.6 Å². The second kappa shape index (κ2) is 12.0. The Labute approximate surface area is 200 Å². The standard InChI is InChI=1S/C27H32N2O5/c1-3-5-15-23(25(30)28-24(26(31)32)16-6-4-2)29-27(33)34-17-22-20-13-9-7-11-18(20)19-12-8-10-14-21(19)22/h3,7-14,22-24H,1,4-6,15-17H2,2H3,(H,28,30)(H,29,33)(H,31,32). The molecule has 2 aromatic carbocycles. The van der Waals surface area contributed by atoms with Gasteiger partial charge in [-0.2, -0.15) is 0 Å². The monoisotopic (exact) mass is 464 g/mol. The molecule has 0 saturated heterocycles. The lowest BCUT2D eigenvalue weighted by molar-refractivity contribution is -0.142. The zero-order valence-corrected chi connectivity index (χ0v) is 19.5. The van der Waals surface area contributed by atoms with Gasteiger partial charge in [-0.15, -0.1) is 6.58 Å². The summed E-state index contributed by atoms with van der Waals surface area (Å²) in [5.74, 6) is -1.73. The molecule has 0 saturated carbocycles. The topological polar surface area (TPSA) is 105 Å². The zero-order valence-electron chi connectivity index (χ0n) is 19.5. The number of fused-ring (bicyclic) bond motifs is 3. The molecule has 0 aliphatic heterocycles. The third-order valence-electron chi connectivity index (χ3n) is 6.07. The van der Waals surface area contributed by atoms with Crippen LogP contribution in [0.25, 0.3) is 11.1 Å². The third kappa shape index (κ3) is 6.04. The maximum Gasteiger partial charge on any atom is 0.407 e. The van der Waals surface area contributed by atoms with Crippen molar-refractivity contribution in [2.45, 2.75) is 57.0 Å². The zero-order chi connectivity index (χ0) is 24.5. The largest absolute Gasteiger partial charge is 0.480 e. The molecule has 0 radical (unpaired) electrons. The van der Waals surface area contributed by atoms with Crippen LogP contribution in [0.4, 0.5) is 4.79 Å². The molecule has 1 aliphatic carbocycles. The first kappa shape index (κ1) is 25.0. The molecule has 1 aliphatic rings. The van der Waals surface area contributed by atoms with Gasteiger partial charge in [-0.05, 0) is 41.5 Å². The van der Waals surface area contributed by atoms with Gasteiger partial charge >= 0.3 is 12.1 Å². The van der Waals surface area contributed by atoms with Crippen LogP contribution in [0.1, 0.15) is 56.1 Å². The molecular weight excluding hydrogens is 432 g/mol. The van der Waals surface area contributed by atoms with Crippen molar-refractivity contribution >= 4 is 18.0 Å². The summed E-state index contributed by atoms with van der Waals surface area (Å²) in [7, 11) is 0. The van der Waals surface area contributed by atoms with E-state index in [2.05, 4.69) is 29.3 Å². The summed E-state index contributed by atoms with van der Waals surface area (Å²) in [5.41, 5.74) is 4.44. The molecule has 180 valence electrons. The van der Waals surface area contributed by atoms with Crippen LogP contribution in [0.15, 0.2) is 61.2 Å².